The zero-order valence-electron chi connectivity index (χ0n) is 11.6. The molecule has 5 heteroatoms. The molecule has 0 radical (unpaired) electrons. The van der Waals surface area contributed by atoms with Gasteiger partial charge in [0.1, 0.15) is 5.82 Å². The van der Waals surface area contributed by atoms with E-state index < -0.39 is 11.9 Å². The molecule has 1 aromatic heterocycles. The number of carboxylic acid groups (broad SMARTS) is 1. The molecule has 106 valence electrons. The Labute approximate surface area is 119 Å². The molecule has 4 nitrogen and oxygen atoms in total. The van der Waals surface area contributed by atoms with Crippen molar-refractivity contribution in [3.8, 4) is 0 Å². The molecule has 1 unspecified atom stereocenters. The molecule has 0 amide bonds. The maximum atomic E-state index is 11.0. The van der Waals surface area contributed by atoms with E-state index in [0.717, 1.165) is 18.8 Å². The van der Waals surface area contributed by atoms with Crippen LogP contribution in [0.2, 0.25) is 5.02 Å². The Hall–Kier alpha value is -1.29. The lowest BCUT2D eigenvalue weighted by Gasteiger charge is -2.26. The number of aromatic nitrogens is 1. The van der Waals surface area contributed by atoms with Crippen molar-refractivity contribution in [1.29, 1.82) is 0 Å². The van der Waals surface area contributed by atoms with Crippen LogP contribution in [-0.2, 0) is 4.79 Å². The second kappa shape index (κ2) is 7.34. The lowest BCUT2D eigenvalue weighted by atomic mass is 10.1. The second-order valence-corrected chi connectivity index (χ2v) is 5.64. The predicted molar refractivity (Wildman–Crippen MR) is 77.7 cm³/mol. The molecule has 1 aromatic rings. The van der Waals surface area contributed by atoms with E-state index in [1.54, 1.807) is 19.2 Å². The number of rotatable bonds is 7. The molecule has 0 saturated heterocycles. The molecular weight excluding hydrogens is 264 g/mol. The zero-order chi connectivity index (χ0) is 14.4. The van der Waals surface area contributed by atoms with Crippen molar-refractivity contribution in [3.05, 3.63) is 23.4 Å². The van der Waals surface area contributed by atoms with E-state index in [0.29, 0.717) is 17.5 Å². The smallest absolute Gasteiger partial charge is 0.308 e. The van der Waals surface area contributed by atoms with Crippen molar-refractivity contribution in [3.63, 3.8) is 0 Å². The van der Waals surface area contributed by atoms with E-state index in [9.17, 15) is 4.79 Å². The van der Waals surface area contributed by atoms with Gasteiger partial charge in [0, 0.05) is 19.3 Å². The first-order chi connectivity index (χ1) is 8.90. The summed E-state index contributed by atoms with van der Waals surface area (Å²) in [5.74, 6) is 0.126. The summed E-state index contributed by atoms with van der Waals surface area (Å²) in [6, 6.07) is 3.61. The maximum Gasteiger partial charge on any atom is 0.308 e. The van der Waals surface area contributed by atoms with Gasteiger partial charge in [-0.1, -0.05) is 32.4 Å². The topological polar surface area (TPSA) is 53.4 Å². The Morgan fingerprint density at radius 3 is 2.58 bits per heavy atom. The van der Waals surface area contributed by atoms with E-state index in [1.165, 1.54) is 0 Å². The minimum Gasteiger partial charge on any atom is -0.481 e. The number of nitrogens with zero attached hydrogens (tertiary/aromatic N) is 2. The average molecular weight is 285 g/mol. The third-order valence-corrected chi connectivity index (χ3v) is 3.15. The van der Waals surface area contributed by atoms with Crippen LogP contribution in [0, 0.1) is 11.8 Å². The molecule has 0 aliphatic heterocycles. The Bertz CT molecular complexity index is 406. The Balaban J connectivity index is 2.78. The van der Waals surface area contributed by atoms with Crippen LogP contribution in [0.15, 0.2) is 18.3 Å². The van der Waals surface area contributed by atoms with Crippen molar-refractivity contribution < 1.29 is 9.90 Å². The average Bonchev–Trinajstić information content (AvgIpc) is 2.35. The lowest BCUT2D eigenvalue weighted by Crippen LogP contribution is -2.33. The maximum absolute atomic E-state index is 11.0. The fraction of sp³-hybridized carbons (Fsp3) is 0.571. The number of hydrogen-bond donors (Lipinski definition) is 1. The van der Waals surface area contributed by atoms with Crippen LogP contribution in [0.25, 0.3) is 0 Å². The summed E-state index contributed by atoms with van der Waals surface area (Å²) >= 11 is 5.82. The van der Waals surface area contributed by atoms with Crippen LogP contribution in [0.4, 0.5) is 5.82 Å². The largest absolute Gasteiger partial charge is 0.481 e. The van der Waals surface area contributed by atoms with Gasteiger partial charge < -0.3 is 10.0 Å². The summed E-state index contributed by atoms with van der Waals surface area (Å²) in [6.45, 7) is 7.25. The van der Waals surface area contributed by atoms with Gasteiger partial charge in [-0.2, -0.15) is 0 Å². The van der Waals surface area contributed by atoms with Crippen LogP contribution < -0.4 is 4.90 Å². The standard InChI is InChI=1S/C14H21ClN2O2/c1-10(2)6-7-17(9-11(3)14(18)19)13-5-4-12(15)8-16-13/h4-5,8,10-11H,6-7,9H2,1-3H3,(H,18,19). The normalized spacial score (nSPS) is 12.5. The second-order valence-electron chi connectivity index (χ2n) is 5.20. The third kappa shape index (κ3) is 5.47. The van der Waals surface area contributed by atoms with Gasteiger partial charge in [0.15, 0.2) is 0 Å². The quantitative estimate of drug-likeness (QED) is 0.835. The minimum atomic E-state index is -0.788. The number of aliphatic carboxylic acids is 1. The van der Waals surface area contributed by atoms with Gasteiger partial charge >= 0.3 is 5.97 Å². The Morgan fingerprint density at radius 2 is 2.11 bits per heavy atom. The first kappa shape index (κ1) is 15.8. The summed E-state index contributed by atoms with van der Waals surface area (Å²) in [6.07, 6.45) is 2.58. The number of carboxylic acids is 1. The van der Waals surface area contributed by atoms with E-state index >= 15 is 0 Å². The summed E-state index contributed by atoms with van der Waals surface area (Å²) in [4.78, 5) is 17.3. The number of anilines is 1. The summed E-state index contributed by atoms with van der Waals surface area (Å²) in [5, 5.41) is 9.61. The zero-order valence-corrected chi connectivity index (χ0v) is 12.4. The molecule has 0 aliphatic carbocycles. The van der Waals surface area contributed by atoms with Crippen LogP contribution in [0.1, 0.15) is 27.2 Å². The highest BCUT2D eigenvalue weighted by Crippen LogP contribution is 2.17. The summed E-state index contributed by atoms with van der Waals surface area (Å²) in [5.41, 5.74) is 0. The van der Waals surface area contributed by atoms with Crippen molar-refractivity contribution in [2.75, 3.05) is 18.0 Å². The van der Waals surface area contributed by atoms with Crippen LogP contribution in [0.3, 0.4) is 0 Å². The molecule has 1 atom stereocenters. The van der Waals surface area contributed by atoms with E-state index in [1.807, 2.05) is 11.0 Å². The fourth-order valence-electron chi connectivity index (χ4n) is 1.68. The third-order valence-electron chi connectivity index (χ3n) is 2.93. The van der Waals surface area contributed by atoms with Crippen molar-refractivity contribution in [1.82, 2.24) is 4.98 Å². The first-order valence-corrected chi connectivity index (χ1v) is 6.87. The van der Waals surface area contributed by atoms with Gasteiger partial charge in [0.25, 0.3) is 0 Å². The Kier molecular flexibility index (Phi) is 6.09. The molecule has 1 rings (SSSR count). The molecule has 0 saturated carbocycles. The molecule has 0 aliphatic rings. The highest BCUT2D eigenvalue weighted by molar-refractivity contribution is 6.30. The van der Waals surface area contributed by atoms with Crippen molar-refractivity contribution in [2.45, 2.75) is 27.2 Å². The SMILES string of the molecule is CC(C)CCN(CC(C)C(=O)O)c1ccc(Cl)cn1. The van der Waals surface area contributed by atoms with E-state index in [2.05, 4.69) is 18.8 Å². The highest BCUT2D eigenvalue weighted by Gasteiger charge is 2.17. The highest BCUT2D eigenvalue weighted by atomic mass is 35.5. The van der Waals surface area contributed by atoms with Gasteiger partial charge in [0.2, 0.25) is 0 Å². The van der Waals surface area contributed by atoms with Gasteiger partial charge in [0.05, 0.1) is 10.9 Å². The molecule has 1 N–H and O–H groups in total. The number of carbonyl (C=O) groups is 1. The molecule has 0 fully saturated rings. The molecule has 19 heavy (non-hydrogen) atoms. The molecule has 1 heterocycles. The van der Waals surface area contributed by atoms with Gasteiger partial charge in [-0.15, -0.1) is 0 Å². The van der Waals surface area contributed by atoms with Crippen LogP contribution in [0.5, 0.6) is 0 Å². The molecule has 0 spiro atoms. The molecule has 0 bridgehead atoms. The number of pyridine rings is 1. The van der Waals surface area contributed by atoms with Crippen LogP contribution >= 0.6 is 11.6 Å². The molecular formula is C14H21ClN2O2. The number of hydrogen-bond acceptors (Lipinski definition) is 3. The van der Waals surface area contributed by atoms with E-state index in [4.69, 9.17) is 16.7 Å². The fourth-order valence-corrected chi connectivity index (χ4v) is 1.79. The van der Waals surface area contributed by atoms with Gasteiger partial charge in [-0.25, -0.2) is 4.98 Å². The van der Waals surface area contributed by atoms with Gasteiger partial charge in [-0.3, -0.25) is 4.79 Å². The first-order valence-electron chi connectivity index (χ1n) is 6.49. The summed E-state index contributed by atoms with van der Waals surface area (Å²) < 4.78 is 0. The van der Waals surface area contributed by atoms with Gasteiger partial charge in [-0.05, 0) is 24.5 Å². The Morgan fingerprint density at radius 1 is 1.42 bits per heavy atom. The summed E-state index contributed by atoms with van der Waals surface area (Å²) in [7, 11) is 0. The van der Waals surface area contributed by atoms with Crippen molar-refractivity contribution >= 4 is 23.4 Å². The van der Waals surface area contributed by atoms with Crippen molar-refractivity contribution in [2.24, 2.45) is 11.8 Å². The molecule has 0 aromatic carbocycles. The monoisotopic (exact) mass is 284 g/mol. The predicted octanol–water partition coefficient (Wildman–Crippen LogP) is 3.31. The number of halogens is 1. The minimum absolute atomic E-state index is 0.426. The van der Waals surface area contributed by atoms with Crippen LogP contribution in [-0.4, -0.2) is 29.1 Å². The lowest BCUT2D eigenvalue weighted by molar-refractivity contribution is -0.140. The van der Waals surface area contributed by atoms with E-state index in [-0.39, 0.29) is 0 Å².